The van der Waals surface area contributed by atoms with Crippen molar-refractivity contribution in [2.45, 2.75) is 38.5 Å². The third-order valence-electron chi connectivity index (χ3n) is 3.32. The fourth-order valence-corrected chi connectivity index (χ4v) is 3.39. The van der Waals surface area contributed by atoms with Crippen molar-refractivity contribution in [1.82, 2.24) is 0 Å². The molecule has 0 spiro atoms. The molecule has 0 aliphatic rings. The minimum absolute atomic E-state index is 1.14. The number of hydrogen-bond donors (Lipinski definition) is 1. The van der Waals surface area contributed by atoms with Crippen LogP contribution in [0.3, 0.4) is 0 Å². The molecule has 0 bridgehead atoms. The average molecular weight is 285 g/mol. The molecule has 2 heteroatoms. The number of benzene rings is 2. The summed E-state index contributed by atoms with van der Waals surface area (Å²) >= 11 is 1.96. The van der Waals surface area contributed by atoms with Gasteiger partial charge < -0.3 is 5.32 Å². The van der Waals surface area contributed by atoms with Crippen LogP contribution in [0.2, 0.25) is 0 Å². The molecule has 0 saturated carbocycles. The van der Waals surface area contributed by atoms with Crippen molar-refractivity contribution in [2.24, 2.45) is 0 Å². The first kappa shape index (κ1) is 15.0. The number of unbranched alkanes of at least 4 members (excludes halogenated alkanes) is 1. The van der Waals surface area contributed by atoms with E-state index >= 15 is 0 Å². The van der Waals surface area contributed by atoms with Gasteiger partial charge in [-0.1, -0.05) is 31.5 Å². The zero-order valence-corrected chi connectivity index (χ0v) is 13.4. The molecule has 0 aromatic heterocycles. The zero-order valence-electron chi connectivity index (χ0n) is 12.6. The highest BCUT2D eigenvalue weighted by Gasteiger charge is 2.06. The van der Waals surface area contributed by atoms with Crippen LogP contribution < -0.4 is 5.32 Å². The van der Waals surface area contributed by atoms with Crippen molar-refractivity contribution in [1.29, 1.82) is 0 Å². The Hall–Kier alpha value is -1.41. The summed E-state index contributed by atoms with van der Waals surface area (Å²) in [6.45, 7) is 6.61. The largest absolute Gasteiger partial charge is 0.355 e. The van der Waals surface area contributed by atoms with Crippen molar-refractivity contribution in [3.63, 3.8) is 0 Å². The first-order chi connectivity index (χ1) is 9.70. The minimum Gasteiger partial charge on any atom is -0.355 e. The topological polar surface area (TPSA) is 12.0 Å². The van der Waals surface area contributed by atoms with Gasteiger partial charge >= 0.3 is 0 Å². The lowest BCUT2D eigenvalue weighted by molar-refractivity contribution is 0.896. The van der Waals surface area contributed by atoms with Crippen LogP contribution in [0, 0.1) is 13.8 Å². The maximum Gasteiger partial charge on any atom is 0.0444 e. The quantitative estimate of drug-likeness (QED) is 0.520. The molecule has 0 radical (unpaired) electrons. The van der Waals surface area contributed by atoms with Crippen LogP contribution in [-0.2, 0) is 0 Å². The van der Waals surface area contributed by atoms with Gasteiger partial charge in [-0.2, -0.15) is 0 Å². The van der Waals surface area contributed by atoms with Gasteiger partial charge in [0.25, 0.3) is 0 Å². The molecule has 1 N–H and O–H groups in total. The van der Waals surface area contributed by atoms with E-state index in [2.05, 4.69) is 62.5 Å². The Kier molecular flexibility index (Phi) is 5.54. The van der Waals surface area contributed by atoms with E-state index in [0.29, 0.717) is 0 Å². The van der Waals surface area contributed by atoms with Crippen molar-refractivity contribution >= 4 is 23.1 Å². The molecule has 20 heavy (non-hydrogen) atoms. The summed E-state index contributed by atoms with van der Waals surface area (Å²) in [5.41, 5.74) is 5.00. The number of anilines is 2. The van der Waals surface area contributed by atoms with Gasteiger partial charge in [0.1, 0.15) is 0 Å². The Morgan fingerprint density at radius 2 is 1.65 bits per heavy atom. The Bertz CT molecular complexity index is 526. The molecule has 2 aromatic rings. The summed E-state index contributed by atoms with van der Waals surface area (Å²) in [7, 11) is 0. The standard InChI is InChI=1S/C18H23NS/c1-4-5-11-20-17-12-14(2)18(15(3)13-17)19-16-9-7-6-8-10-16/h6-10,12-13,19H,4-5,11H2,1-3H3. The summed E-state index contributed by atoms with van der Waals surface area (Å²) in [6, 6.07) is 14.9. The molecule has 0 atom stereocenters. The predicted molar refractivity (Wildman–Crippen MR) is 91.3 cm³/mol. The van der Waals surface area contributed by atoms with Crippen LogP contribution in [0.25, 0.3) is 0 Å². The van der Waals surface area contributed by atoms with E-state index in [1.54, 1.807) is 0 Å². The molecule has 2 aromatic carbocycles. The van der Waals surface area contributed by atoms with E-state index in [0.717, 1.165) is 5.69 Å². The maximum atomic E-state index is 3.53. The van der Waals surface area contributed by atoms with Gasteiger partial charge in [0.2, 0.25) is 0 Å². The molecule has 0 amide bonds. The lowest BCUT2D eigenvalue weighted by atomic mass is 10.1. The Balaban J connectivity index is 2.14. The third kappa shape index (κ3) is 4.04. The number of aryl methyl sites for hydroxylation is 2. The molecular weight excluding hydrogens is 262 g/mol. The smallest absolute Gasteiger partial charge is 0.0444 e. The highest BCUT2D eigenvalue weighted by molar-refractivity contribution is 7.99. The van der Waals surface area contributed by atoms with Gasteiger partial charge in [-0.05, 0) is 61.4 Å². The molecule has 2 rings (SSSR count). The van der Waals surface area contributed by atoms with Crippen LogP contribution in [0.5, 0.6) is 0 Å². The summed E-state index contributed by atoms with van der Waals surface area (Å²) in [4.78, 5) is 1.38. The number of hydrogen-bond acceptors (Lipinski definition) is 2. The Morgan fingerprint density at radius 3 is 2.25 bits per heavy atom. The molecule has 1 nitrogen and oxygen atoms in total. The van der Waals surface area contributed by atoms with Crippen molar-refractivity contribution in [3.05, 3.63) is 53.6 Å². The molecule has 0 saturated heterocycles. The van der Waals surface area contributed by atoms with Gasteiger partial charge in [0, 0.05) is 16.3 Å². The molecule has 0 aliphatic carbocycles. The number of para-hydroxylation sites is 1. The van der Waals surface area contributed by atoms with Crippen LogP contribution >= 0.6 is 11.8 Å². The summed E-state index contributed by atoms with van der Waals surface area (Å²) < 4.78 is 0. The van der Waals surface area contributed by atoms with E-state index < -0.39 is 0 Å². The van der Waals surface area contributed by atoms with Gasteiger partial charge in [0.05, 0.1) is 0 Å². The van der Waals surface area contributed by atoms with Crippen molar-refractivity contribution in [3.8, 4) is 0 Å². The lowest BCUT2D eigenvalue weighted by Gasteiger charge is -2.14. The Morgan fingerprint density at radius 1 is 1.00 bits per heavy atom. The van der Waals surface area contributed by atoms with Crippen molar-refractivity contribution < 1.29 is 0 Å². The van der Waals surface area contributed by atoms with Crippen LogP contribution in [-0.4, -0.2) is 5.75 Å². The SMILES string of the molecule is CCCCSc1cc(C)c(Nc2ccccc2)c(C)c1. The van der Waals surface area contributed by atoms with Gasteiger partial charge in [-0.3, -0.25) is 0 Å². The fraction of sp³-hybridized carbons (Fsp3) is 0.333. The number of rotatable bonds is 6. The summed E-state index contributed by atoms with van der Waals surface area (Å²) in [6.07, 6.45) is 2.55. The first-order valence-electron chi connectivity index (χ1n) is 7.27. The number of thioether (sulfide) groups is 1. The average Bonchev–Trinajstić information content (AvgIpc) is 2.44. The van der Waals surface area contributed by atoms with Crippen LogP contribution in [0.1, 0.15) is 30.9 Å². The molecule has 0 unspecified atom stereocenters. The van der Waals surface area contributed by atoms with Gasteiger partial charge in [0.15, 0.2) is 0 Å². The maximum absolute atomic E-state index is 3.53. The molecular formula is C18H23NS. The van der Waals surface area contributed by atoms with E-state index in [9.17, 15) is 0 Å². The highest BCUT2D eigenvalue weighted by atomic mass is 32.2. The highest BCUT2D eigenvalue weighted by Crippen LogP contribution is 2.30. The second-order valence-corrected chi connectivity index (χ2v) is 6.29. The molecule has 106 valence electrons. The van der Waals surface area contributed by atoms with Crippen LogP contribution in [0.15, 0.2) is 47.4 Å². The van der Waals surface area contributed by atoms with E-state index in [-0.39, 0.29) is 0 Å². The summed E-state index contributed by atoms with van der Waals surface area (Å²) in [5.74, 6) is 1.21. The zero-order chi connectivity index (χ0) is 14.4. The molecule has 0 aliphatic heterocycles. The Labute approximate surface area is 126 Å². The number of nitrogens with one attached hydrogen (secondary N) is 1. The second kappa shape index (κ2) is 7.39. The van der Waals surface area contributed by atoms with Gasteiger partial charge in [-0.25, -0.2) is 0 Å². The van der Waals surface area contributed by atoms with E-state index in [4.69, 9.17) is 0 Å². The van der Waals surface area contributed by atoms with E-state index in [1.165, 1.54) is 40.3 Å². The van der Waals surface area contributed by atoms with Gasteiger partial charge in [-0.15, -0.1) is 11.8 Å². The monoisotopic (exact) mass is 285 g/mol. The third-order valence-corrected chi connectivity index (χ3v) is 4.38. The lowest BCUT2D eigenvalue weighted by Crippen LogP contribution is -1.96. The van der Waals surface area contributed by atoms with Crippen molar-refractivity contribution in [2.75, 3.05) is 11.1 Å². The van der Waals surface area contributed by atoms with Crippen LogP contribution in [0.4, 0.5) is 11.4 Å². The fourth-order valence-electron chi connectivity index (χ4n) is 2.20. The summed E-state index contributed by atoms with van der Waals surface area (Å²) in [5, 5.41) is 3.53. The first-order valence-corrected chi connectivity index (χ1v) is 8.25. The predicted octanol–water partition coefficient (Wildman–Crippen LogP) is 5.94. The molecule has 0 heterocycles. The molecule has 0 fully saturated rings. The normalized spacial score (nSPS) is 10.6. The second-order valence-electron chi connectivity index (χ2n) is 5.13. The van der Waals surface area contributed by atoms with E-state index in [1.807, 2.05) is 17.8 Å². The minimum atomic E-state index is 1.14.